The highest BCUT2D eigenvalue weighted by atomic mass is 35.5. The highest BCUT2D eigenvalue weighted by molar-refractivity contribution is 7.91. The first-order valence-corrected chi connectivity index (χ1v) is 8.02. The van der Waals surface area contributed by atoms with Gasteiger partial charge in [0.15, 0.2) is 0 Å². The second-order valence-electron chi connectivity index (χ2n) is 4.22. The average molecular weight is 326 g/mol. The standard InChI is InChI=1S/C10H15N3O3S2.ClH/c11-18(15,16)9-4-7(6-17-9)10(14)13-8-2-1-3-12-5-8;/h4,6,8,12H,1-3,5H2,(H,13,14)(H2,11,15,16);1H. The minimum absolute atomic E-state index is 0. The maximum atomic E-state index is 11.9. The number of rotatable bonds is 3. The van der Waals surface area contributed by atoms with Crippen LogP contribution in [0.1, 0.15) is 23.2 Å². The van der Waals surface area contributed by atoms with E-state index in [-0.39, 0.29) is 28.6 Å². The first-order valence-electron chi connectivity index (χ1n) is 5.60. The zero-order valence-corrected chi connectivity index (χ0v) is 12.5. The van der Waals surface area contributed by atoms with Crippen LogP contribution in [0, 0.1) is 0 Å². The van der Waals surface area contributed by atoms with E-state index >= 15 is 0 Å². The molecule has 2 rings (SSSR count). The predicted octanol–water partition coefficient (Wildman–Crippen LogP) is 0.299. The summed E-state index contributed by atoms with van der Waals surface area (Å²) in [5, 5.41) is 12.6. The normalized spacial score (nSPS) is 19.5. The number of nitrogens with two attached hydrogens (primary N) is 1. The van der Waals surface area contributed by atoms with Gasteiger partial charge in [0, 0.05) is 18.0 Å². The third kappa shape index (κ3) is 4.43. The van der Waals surface area contributed by atoms with Gasteiger partial charge in [-0.15, -0.1) is 23.7 Å². The van der Waals surface area contributed by atoms with Crippen molar-refractivity contribution in [1.29, 1.82) is 0 Å². The Kier molecular flexibility index (Phi) is 5.75. The minimum Gasteiger partial charge on any atom is -0.348 e. The smallest absolute Gasteiger partial charge is 0.252 e. The van der Waals surface area contributed by atoms with Gasteiger partial charge in [-0.3, -0.25) is 4.79 Å². The van der Waals surface area contributed by atoms with E-state index in [1.165, 1.54) is 11.4 Å². The summed E-state index contributed by atoms with van der Waals surface area (Å²) in [6.07, 6.45) is 1.96. The SMILES string of the molecule is Cl.NS(=O)(=O)c1cc(C(=O)NC2CCCNC2)cs1. The fourth-order valence-corrected chi connectivity index (χ4v) is 3.41. The Morgan fingerprint density at radius 1 is 1.53 bits per heavy atom. The van der Waals surface area contributed by atoms with Gasteiger partial charge in [-0.2, -0.15) is 0 Å². The molecule has 1 saturated heterocycles. The Morgan fingerprint density at radius 3 is 2.79 bits per heavy atom. The van der Waals surface area contributed by atoms with Gasteiger partial charge in [0.1, 0.15) is 4.21 Å². The number of hydrogen-bond acceptors (Lipinski definition) is 5. The molecule has 1 atom stereocenters. The number of carbonyl (C=O) groups is 1. The number of thiophene rings is 1. The van der Waals surface area contributed by atoms with E-state index in [1.807, 2.05) is 0 Å². The summed E-state index contributed by atoms with van der Waals surface area (Å²) in [5.41, 5.74) is 0.342. The quantitative estimate of drug-likeness (QED) is 0.744. The average Bonchev–Trinajstić information content (AvgIpc) is 2.79. The zero-order valence-electron chi connectivity index (χ0n) is 10.1. The number of piperidine rings is 1. The van der Waals surface area contributed by atoms with Crippen molar-refractivity contribution in [1.82, 2.24) is 10.6 Å². The van der Waals surface area contributed by atoms with Crippen molar-refractivity contribution in [2.45, 2.75) is 23.1 Å². The Labute approximate surface area is 122 Å². The Morgan fingerprint density at radius 2 is 2.26 bits per heavy atom. The number of nitrogens with one attached hydrogen (secondary N) is 2. The molecule has 0 spiro atoms. The van der Waals surface area contributed by atoms with Gasteiger partial charge in [0.2, 0.25) is 10.0 Å². The molecule has 1 amide bonds. The van der Waals surface area contributed by atoms with Crippen LogP contribution in [-0.4, -0.2) is 33.5 Å². The lowest BCUT2D eigenvalue weighted by Crippen LogP contribution is -2.45. The van der Waals surface area contributed by atoms with Crippen LogP contribution in [0.4, 0.5) is 0 Å². The van der Waals surface area contributed by atoms with Gasteiger partial charge in [0.05, 0.1) is 5.56 Å². The molecule has 1 aliphatic rings. The van der Waals surface area contributed by atoms with Crippen LogP contribution in [0.25, 0.3) is 0 Å². The molecular weight excluding hydrogens is 310 g/mol. The van der Waals surface area contributed by atoms with E-state index in [4.69, 9.17) is 5.14 Å². The lowest BCUT2D eigenvalue weighted by Gasteiger charge is -2.23. The number of sulfonamides is 1. The lowest BCUT2D eigenvalue weighted by atomic mass is 10.1. The van der Waals surface area contributed by atoms with Crippen molar-refractivity contribution in [3.05, 3.63) is 17.0 Å². The molecule has 19 heavy (non-hydrogen) atoms. The van der Waals surface area contributed by atoms with Crippen LogP contribution in [0.2, 0.25) is 0 Å². The summed E-state index contributed by atoms with van der Waals surface area (Å²) in [5.74, 6) is -0.255. The van der Waals surface area contributed by atoms with Crippen LogP contribution in [0.5, 0.6) is 0 Å². The van der Waals surface area contributed by atoms with Crippen LogP contribution in [-0.2, 0) is 10.0 Å². The molecule has 1 aromatic rings. The van der Waals surface area contributed by atoms with Gasteiger partial charge in [-0.1, -0.05) is 0 Å². The Balaban J connectivity index is 0.00000180. The summed E-state index contributed by atoms with van der Waals surface area (Å²) in [7, 11) is -3.72. The first-order chi connectivity index (χ1) is 8.47. The topological polar surface area (TPSA) is 101 Å². The van der Waals surface area contributed by atoms with Gasteiger partial charge in [-0.25, -0.2) is 13.6 Å². The number of hydrogen-bond donors (Lipinski definition) is 3. The van der Waals surface area contributed by atoms with Gasteiger partial charge in [-0.05, 0) is 25.5 Å². The molecule has 1 aliphatic heterocycles. The molecule has 0 bridgehead atoms. The summed E-state index contributed by atoms with van der Waals surface area (Å²) in [6.45, 7) is 1.72. The third-order valence-electron chi connectivity index (χ3n) is 2.75. The highest BCUT2D eigenvalue weighted by Crippen LogP contribution is 2.19. The van der Waals surface area contributed by atoms with Crippen molar-refractivity contribution in [3.8, 4) is 0 Å². The molecule has 0 aliphatic carbocycles. The molecule has 108 valence electrons. The molecule has 0 radical (unpaired) electrons. The molecule has 2 heterocycles. The summed E-state index contributed by atoms with van der Waals surface area (Å²) < 4.78 is 22.2. The van der Waals surface area contributed by atoms with E-state index in [9.17, 15) is 13.2 Å². The van der Waals surface area contributed by atoms with Crippen LogP contribution in [0.3, 0.4) is 0 Å². The number of amides is 1. The lowest BCUT2D eigenvalue weighted by molar-refractivity contribution is 0.0931. The number of halogens is 1. The molecule has 4 N–H and O–H groups in total. The number of carbonyl (C=O) groups excluding carboxylic acids is 1. The van der Waals surface area contributed by atoms with Gasteiger partial charge >= 0.3 is 0 Å². The van der Waals surface area contributed by atoms with Gasteiger partial charge < -0.3 is 10.6 Å². The fourth-order valence-electron chi connectivity index (χ4n) is 1.83. The third-order valence-corrected chi connectivity index (χ3v) is 5.14. The second-order valence-corrected chi connectivity index (χ2v) is 6.92. The van der Waals surface area contributed by atoms with Crippen molar-refractivity contribution in [3.63, 3.8) is 0 Å². The maximum absolute atomic E-state index is 11.9. The van der Waals surface area contributed by atoms with Crippen molar-refractivity contribution in [2.24, 2.45) is 5.14 Å². The minimum atomic E-state index is -3.72. The van der Waals surface area contributed by atoms with Crippen LogP contribution < -0.4 is 15.8 Å². The van der Waals surface area contributed by atoms with Crippen molar-refractivity contribution in [2.75, 3.05) is 13.1 Å². The van der Waals surface area contributed by atoms with E-state index in [2.05, 4.69) is 10.6 Å². The summed E-state index contributed by atoms with van der Waals surface area (Å²) in [4.78, 5) is 11.9. The van der Waals surface area contributed by atoms with Crippen LogP contribution >= 0.6 is 23.7 Å². The van der Waals surface area contributed by atoms with Gasteiger partial charge in [0.25, 0.3) is 5.91 Å². The van der Waals surface area contributed by atoms with Crippen molar-refractivity contribution >= 4 is 39.7 Å². The molecule has 1 aromatic heterocycles. The molecule has 0 saturated carbocycles. The summed E-state index contributed by atoms with van der Waals surface area (Å²) >= 11 is 0.957. The predicted molar refractivity (Wildman–Crippen MR) is 76.3 cm³/mol. The van der Waals surface area contributed by atoms with E-state index in [0.717, 1.165) is 37.3 Å². The van der Waals surface area contributed by atoms with E-state index in [1.54, 1.807) is 0 Å². The maximum Gasteiger partial charge on any atom is 0.252 e. The molecule has 0 aromatic carbocycles. The second kappa shape index (κ2) is 6.67. The molecular formula is C10H16ClN3O3S2. The Hall–Kier alpha value is -0.670. The summed E-state index contributed by atoms with van der Waals surface area (Å²) in [6, 6.07) is 1.41. The zero-order chi connectivity index (χ0) is 13.2. The molecule has 9 heteroatoms. The van der Waals surface area contributed by atoms with Crippen LogP contribution in [0.15, 0.2) is 15.7 Å². The van der Waals surface area contributed by atoms with E-state index < -0.39 is 10.0 Å². The monoisotopic (exact) mass is 325 g/mol. The molecule has 6 nitrogen and oxygen atoms in total. The fraction of sp³-hybridized carbons (Fsp3) is 0.500. The number of primary sulfonamides is 1. The van der Waals surface area contributed by atoms with E-state index in [0.29, 0.717) is 5.56 Å². The highest BCUT2D eigenvalue weighted by Gasteiger charge is 2.19. The molecule has 1 unspecified atom stereocenters. The van der Waals surface area contributed by atoms with Crippen molar-refractivity contribution < 1.29 is 13.2 Å². The first kappa shape index (κ1) is 16.4. The largest absolute Gasteiger partial charge is 0.348 e. The molecule has 1 fully saturated rings. The Bertz CT molecular complexity index is 538.